The molecule has 16 heavy (non-hydrogen) atoms. The largest absolute Gasteiger partial charge is 0.319 e. The summed E-state index contributed by atoms with van der Waals surface area (Å²) in [5.41, 5.74) is 6.54. The number of thiazole rings is 1. The van der Waals surface area contributed by atoms with Crippen molar-refractivity contribution < 1.29 is 4.39 Å². The van der Waals surface area contributed by atoms with Gasteiger partial charge in [-0.1, -0.05) is 12.1 Å². The molecule has 1 unspecified atom stereocenters. The summed E-state index contributed by atoms with van der Waals surface area (Å²) in [4.78, 5) is 4.21. The van der Waals surface area contributed by atoms with Crippen molar-refractivity contribution in [3.63, 3.8) is 0 Å². The molecule has 0 aliphatic carbocycles. The van der Waals surface area contributed by atoms with Crippen molar-refractivity contribution in [2.45, 2.75) is 18.9 Å². The van der Waals surface area contributed by atoms with Crippen LogP contribution < -0.4 is 5.73 Å². The zero-order chi connectivity index (χ0) is 11.6. The second kappa shape index (κ2) is 4.31. The number of benzene rings is 1. The average Bonchev–Trinajstić information content (AvgIpc) is 2.69. The fraction of sp³-hybridized carbons (Fsp3) is 0.250. The molecule has 4 heteroatoms. The molecule has 2 N–H and O–H groups in total. The van der Waals surface area contributed by atoms with E-state index < -0.39 is 5.54 Å². The van der Waals surface area contributed by atoms with Crippen LogP contribution in [-0.2, 0) is 12.0 Å². The van der Waals surface area contributed by atoms with Gasteiger partial charge in [0, 0.05) is 11.6 Å². The van der Waals surface area contributed by atoms with Gasteiger partial charge in [0.15, 0.2) is 0 Å². The summed E-state index contributed by atoms with van der Waals surface area (Å²) in [6, 6.07) is 6.52. The maximum atomic E-state index is 13.0. The summed E-state index contributed by atoms with van der Waals surface area (Å²) >= 11 is 1.52. The highest BCUT2D eigenvalue weighted by Gasteiger charge is 2.24. The van der Waals surface area contributed by atoms with Gasteiger partial charge in [0.05, 0.1) is 5.54 Å². The van der Waals surface area contributed by atoms with Gasteiger partial charge >= 0.3 is 0 Å². The first-order valence-electron chi connectivity index (χ1n) is 5.01. The number of aromatic nitrogens is 1. The summed E-state index contributed by atoms with van der Waals surface area (Å²) in [7, 11) is 0. The first-order valence-corrected chi connectivity index (χ1v) is 5.89. The number of halogens is 1. The van der Waals surface area contributed by atoms with E-state index in [4.69, 9.17) is 5.73 Å². The molecule has 0 radical (unpaired) electrons. The van der Waals surface area contributed by atoms with Gasteiger partial charge in [-0.05, 0) is 31.0 Å². The van der Waals surface area contributed by atoms with Crippen LogP contribution in [0.25, 0.3) is 0 Å². The van der Waals surface area contributed by atoms with Gasteiger partial charge in [-0.15, -0.1) is 11.3 Å². The van der Waals surface area contributed by atoms with Crippen molar-refractivity contribution in [1.29, 1.82) is 0 Å². The molecule has 2 nitrogen and oxygen atoms in total. The van der Waals surface area contributed by atoms with Crippen LogP contribution in [-0.4, -0.2) is 4.98 Å². The monoisotopic (exact) mass is 236 g/mol. The lowest BCUT2D eigenvalue weighted by molar-refractivity contribution is 0.486. The van der Waals surface area contributed by atoms with E-state index in [0.717, 1.165) is 10.6 Å². The van der Waals surface area contributed by atoms with Gasteiger partial charge in [0.2, 0.25) is 0 Å². The van der Waals surface area contributed by atoms with Crippen LogP contribution in [0.4, 0.5) is 4.39 Å². The predicted octanol–water partition coefficient (Wildman–Crippen LogP) is 2.70. The standard InChI is InChI=1S/C12H13FN2S/c1-12(14,11-15-5-6-16-11)8-9-3-2-4-10(13)7-9/h2-7H,8,14H2,1H3. The summed E-state index contributed by atoms with van der Waals surface area (Å²) in [5.74, 6) is -0.229. The Morgan fingerprint density at radius 2 is 2.31 bits per heavy atom. The Morgan fingerprint density at radius 3 is 2.94 bits per heavy atom. The van der Waals surface area contributed by atoms with Crippen LogP contribution in [0.5, 0.6) is 0 Å². The Morgan fingerprint density at radius 1 is 1.50 bits per heavy atom. The molecule has 0 saturated carbocycles. The number of hydrogen-bond donors (Lipinski definition) is 1. The molecule has 1 aromatic carbocycles. The number of rotatable bonds is 3. The Labute approximate surface area is 97.9 Å². The van der Waals surface area contributed by atoms with E-state index in [1.807, 2.05) is 18.4 Å². The normalized spacial score (nSPS) is 14.7. The van der Waals surface area contributed by atoms with Crippen LogP contribution in [0.1, 0.15) is 17.5 Å². The second-order valence-electron chi connectivity index (χ2n) is 4.06. The maximum Gasteiger partial charge on any atom is 0.123 e. The first kappa shape index (κ1) is 11.2. The van der Waals surface area contributed by atoms with Crippen molar-refractivity contribution in [3.05, 3.63) is 52.2 Å². The third-order valence-electron chi connectivity index (χ3n) is 2.38. The maximum absolute atomic E-state index is 13.0. The minimum Gasteiger partial charge on any atom is -0.319 e. The molecule has 1 heterocycles. The van der Waals surface area contributed by atoms with Crippen molar-refractivity contribution in [1.82, 2.24) is 4.98 Å². The fourth-order valence-corrected chi connectivity index (χ4v) is 2.37. The van der Waals surface area contributed by atoms with Crippen molar-refractivity contribution in [3.8, 4) is 0 Å². The molecule has 0 fully saturated rings. The van der Waals surface area contributed by atoms with Gasteiger partial charge < -0.3 is 5.73 Å². The number of hydrogen-bond acceptors (Lipinski definition) is 3. The van der Waals surface area contributed by atoms with Gasteiger partial charge in [0.25, 0.3) is 0 Å². The van der Waals surface area contributed by atoms with E-state index in [2.05, 4.69) is 4.98 Å². The highest BCUT2D eigenvalue weighted by Crippen LogP contribution is 2.24. The van der Waals surface area contributed by atoms with Gasteiger partial charge in [-0.25, -0.2) is 9.37 Å². The molecule has 0 amide bonds. The van der Waals surface area contributed by atoms with Crippen LogP contribution in [0.15, 0.2) is 35.8 Å². The molecular weight excluding hydrogens is 223 g/mol. The lowest BCUT2D eigenvalue weighted by Crippen LogP contribution is -2.35. The van der Waals surface area contributed by atoms with Crippen molar-refractivity contribution in [2.75, 3.05) is 0 Å². The van der Waals surface area contributed by atoms with Gasteiger partial charge in [0.1, 0.15) is 10.8 Å². The minimum absolute atomic E-state index is 0.229. The molecule has 2 aromatic rings. The third kappa shape index (κ3) is 2.46. The molecule has 0 spiro atoms. The Balaban J connectivity index is 2.21. The van der Waals surface area contributed by atoms with Gasteiger partial charge in [-0.2, -0.15) is 0 Å². The van der Waals surface area contributed by atoms with E-state index in [0.29, 0.717) is 6.42 Å². The highest BCUT2D eigenvalue weighted by molar-refractivity contribution is 7.09. The van der Waals surface area contributed by atoms with E-state index in [9.17, 15) is 4.39 Å². The van der Waals surface area contributed by atoms with E-state index in [1.165, 1.54) is 23.5 Å². The zero-order valence-corrected chi connectivity index (χ0v) is 9.80. The summed E-state index contributed by atoms with van der Waals surface area (Å²) < 4.78 is 13.0. The minimum atomic E-state index is -0.540. The summed E-state index contributed by atoms with van der Waals surface area (Å²) in [6.45, 7) is 1.91. The third-order valence-corrected chi connectivity index (χ3v) is 3.43. The van der Waals surface area contributed by atoms with Gasteiger partial charge in [-0.3, -0.25) is 0 Å². The lowest BCUT2D eigenvalue weighted by atomic mass is 9.94. The molecule has 0 aliphatic rings. The SMILES string of the molecule is CC(N)(Cc1cccc(F)c1)c1nccs1. The quantitative estimate of drug-likeness (QED) is 0.890. The molecule has 0 aliphatic heterocycles. The van der Waals surface area contributed by atoms with Crippen molar-refractivity contribution >= 4 is 11.3 Å². The number of nitrogens with two attached hydrogens (primary N) is 1. The van der Waals surface area contributed by atoms with E-state index in [-0.39, 0.29) is 5.82 Å². The van der Waals surface area contributed by atoms with Crippen molar-refractivity contribution in [2.24, 2.45) is 5.73 Å². The Kier molecular flexibility index (Phi) is 3.03. The Bertz CT molecular complexity index is 466. The summed E-state index contributed by atoms with van der Waals surface area (Å²) in [5, 5.41) is 2.77. The number of nitrogens with zero attached hydrogens (tertiary/aromatic N) is 1. The second-order valence-corrected chi connectivity index (χ2v) is 4.96. The topological polar surface area (TPSA) is 38.9 Å². The summed E-state index contributed by atoms with van der Waals surface area (Å²) in [6.07, 6.45) is 2.31. The molecule has 1 aromatic heterocycles. The molecule has 0 saturated heterocycles. The van der Waals surface area contributed by atoms with Crippen LogP contribution in [0.2, 0.25) is 0 Å². The molecular formula is C12H13FN2S. The zero-order valence-electron chi connectivity index (χ0n) is 8.98. The highest BCUT2D eigenvalue weighted by atomic mass is 32.1. The van der Waals surface area contributed by atoms with E-state index in [1.54, 1.807) is 12.3 Å². The lowest BCUT2D eigenvalue weighted by Gasteiger charge is -2.21. The molecule has 0 bridgehead atoms. The van der Waals surface area contributed by atoms with Crippen LogP contribution in [0.3, 0.4) is 0 Å². The average molecular weight is 236 g/mol. The van der Waals surface area contributed by atoms with Crippen LogP contribution >= 0.6 is 11.3 Å². The molecule has 2 rings (SSSR count). The predicted molar refractivity (Wildman–Crippen MR) is 63.8 cm³/mol. The molecule has 1 atom stereocenters. The first-order chi connectivity index (χ1) is 7.58. The Hall–Kier alpha value is -1.26. The van der Waals surface area contributed by atoms with Crippen LogP contribution in [0, 0.1) is 5.82 Å². The smallest absolute Gasteiger partial charge is 0.123 e. The van der Waals surface area contributed by atoms with E-state index >= 15 is 0 Å². The fourth-order valence-electron chi connectivity index (χ4n) is 1.65. The molecule has 84 valence electrons.